The molecule has 0 aliphatic heterocycles. The molecule has 0 amide bonds. The van der Waals surface area contributed by atoms with E-state index in [4.69, 9.17) is 5.11 Å². The van der Waals surface area contributed by atoms with Crippen molar-refractivity contribution >= 4 is 5.97 Å². The van der Waals surface area contributed by atoms with Crippen molar-refractivity contribution in [3.63, 3.8) is 0 Å². The van der Waals surface area contributed by atoms with Gasteiger partial charge in [-0.05, 0) is 19.3 Å². The van der Waals surface area contributed by atoms with E-state index in [9.17, 15) is 9.90 Å². The summed E-state index contributed by atoms with van der Waals surface area (Å²) < 4.78 is 0. The van der Waals surface area contributed by atoms with Gasteiger partial charge in [-0.25, -0.2) is 4.79 Å². The molecule has 0 aromatic carbocycles. The van der Waals surface area contributed by atoms with Gasteiger partial charge >= 0.3 is 5.97 Å². The first kappa shape index (κ1) is 7.12. The Bertz CT molecular complexity index is 181. The molecule has 0 spiro atoms. The van der Waals surface area contributed by atoms with Crippen LogP contribution >= 0.6 is 0 Å². The van der Waals surface area contributed by atoms with Crippen molar-refractivity contribution in [2.24, 2.45) is 0 Å². The molecule has 0 atom stereocenters. The van der Waals surface area contributed by atoms with Gasteiger partial charge in [-0.1, -0.05) is 6.42 Å². The highest BCUT2D eigenvalue weighted by molar-refractivity contribution is 5.87. The Kier molecular flexibility index (Phi) is 1.94. The minimum atomic E-state index is -1.04. The van der Waals surface area contributed by atoms with Gasteiger partial charge in [-0.2, -0.15) is 0 Å². The maximum Gasteiger partial charge on any atom is 0.330 e. The molecule has 0 unspecified atom stereocenters. The van der Waals surface area contributed by atoms with E-state index in [0.717, 1.165) is 12.8 Å². The number of hydrogen-bond acceptors (Lipinski definition) is 2. The van der Waals surface area contributed by atoms with Crippen LogP contribution in [0.1, 0.15) is 25.7 Å². The lowest BCUT2D eigenvalue weighted by atomic mass is 9.98. The van der Waals surface area contributed by atoms with Crippen molar-refractivity contribution in [3.8, 4) is 0 Å². The molecule has 0 fully saturated rings. The van der Waals surface area contributed by atoms with Gasteiger partial charge in [0.1, 0.15) is 0 Å². The van der Waals surface area contributed by atoms with E-state index in [1.165, 1.54) is 0 Å². The number of aliphatic carboxylic acids is 1. The smallest absolute Gasteiger partial charge is 0.330 e. The molecule has 0 aromatic rings. The lowest BCUT2D eigenvalue weighted by molar-refractivity contribution is -0.309. The summed E-state index contributed by atoms with van der Waals surface area (Å²) in [5.74, 6) is -1.22. The molecule has 0 bridgehead atoms. The third-order valence-electron chi connectivity index (χ3n) is 1.68. The minimum Gasteiger partial charge on any atom is -0.875 e. The molecule has 10 heavy (non-hydrogen) atoms. The number of hydrogen-bond donors (Lipinski definition) is 1. The number of carboxylic acids is 1. The summed E-state index contributed by atoms with van der Waals surface area (Å²) in [6.45, 7) is 0. The van der Waals surface area contributed by atoms with Crippen LogP contribution in [0, 0.1) is 0 Å². The SMILES string of the molecule is O=C(O)C1=C([O-])CCCC1. The first-order chi connectivity index (χ1) is 4.72. The monoisotopic (exact) mass is 141 g/mol. The van der Waals surface area contributed by atoms with Gasteiger partial charge in [0, 0.05) is 5.57 Å². The van der Waals surface area contributed by atoms with Crippen molar-refractivity contribution in [3.05, 3.63) is 11.3 Å². The Hall–Kier alpha value is -0.990. The van der Waals surface area contributed by atoms with Crippen LogP contribution in [0.25, 0.3) is 0 Å². The zero-order valence-electron chi connectivity index (χ0n) is 5.59. The van der Waals surface area contributed by atoms with E-state index >= 15 is 0 Å². The average Bonchev–Trinajstić information content (AvgIpc) is 1.88. The van der Waals surface area contributed by atoms with Crippen LogP contribution in [0.3, 0.4) is 0 Å². The molecule has 56 valence electrons. The largest absolute Gasteiger partial charge is 0.875 e. The highest BCUT2D eigenvalue weighted by atomic mass is 16.4. The molecule has 3 nitrogen and oxygen atoms in total. The van der Waals surface area contributed by atoms with E-state index < -0.39 is 5.97 Å². The zero-order chi connectivity index (χ0) is 7.56. The first-order valence-corrected chi connectivity index (χ1v) is 3.34. The molecular formula is C7H9O3-. The molecule has 0 saturated heterocycles. The molecule has 3 heteroatoms. The van der Waals surface area contributed by atoms with Gasteiger partial charge in [0.2, 0.25) is 0 Å². The summed E-state index contributed by atoms with van der Waals surface area (Å²) in [6, 6.07) is 0. The van der Waals surface area contributed by atoms with E-state index in [2.05, 4.69) is 0 Å². The summed E-state index contributed by atoms with van der Waals surface area (Å²) >= 11 is 0. The van der Waals surface area contributed by atoms with E-state index in [0.29, 0.717) is 12.8 Å². The number of allylic oxidation sites excluding steroid dienone is 1. The molecular weight excluding hydrogens is 132 g/mol. The fourth-order valence-electron chi connectivity index (χ4n) is 1.10. The Morgan fingerprint density at radius 2 is 2.00 bits per heavy atom. The van der Waals surface area contributed by atoms with Crippen LogP contribution in [0.5, 0.6) is 0 Å². The fourth-order valence-corrected chi connectivity index (χ4v) is 1.10. The zero-order valence-corrected chi connectivity index (χ0v) is 5.59. The predicted molar refractivity (Wildman–Crippen MR) is 33.1 cm³/mol. The minimum absolute atomic E-state index is 0.0891. The van der Waals surface area contributed by atoms with E-state index in [1.54, 1.807) is 0 Å². The van der Waals surface area contributed by atoms with Crippen LogP contribution in [0.4, 0.5) is 0 Å². The predicted octanol–water partition coefficient (Wildman–Crippen LogP) is 0.259. The summed E-state index contributed by atoms with van der Waals surface area (Å²) in [4.78, 5) is 10.3. The van der Waals surface area contributed by atoms with Crippen LogP contribution in [-0.2, 0) is 4.79 Å². The van der Waals surface area contributed by atoms with Crippen molar-refractivity contribution in [1.82, 2.24) is 0 Å². The van der Waals surface area contributed by atoms with Crippen LogP contribution < -0.4 is 5.11 Å². The number of rotatable bonds is 1. The Labute approximate surface area is 59.0 Å². The molecule has 0 saturated carbocycles. The molecule has 1 N–H and O–H groups in total. The Morgan fingerprint density at radius 3 is 2.40 bits per heavy atom. The van der Waals surface area contributed by atoms with Crippen molar-refractivity contribution in [2.45, 2.75) is 25.7 Å². The summed E-state index contributed by atoms with van der Waals surface area (Å²) in [7, 11) is 0. The van der Waals surface area contributed by atoms with Crippen LogP contribution in [0.15, 0.2) is 11.3 Å². The average molecular weight is 141 g/mol. The quantitative estimate of drug-likeness (QED) is 0.569. The third-order valence-corrected chi connectivity index (χ3v) is 1.68. The standard InChI is InChI=1S/C7H10O3/c8-6-4-2-1-3-5(6)7(9)10/h8H,1-4H2,(H,9,10)/p-1. The van der Waals surface area contributed by atoms with E-state index in [-0.39, 0.29) is 11.3 Å². The first-order valence-electron chi connectivity index (χ1n) is 3.34. The van der Waals surface area contributed by atoms with Gasteiger partial charge in [-0.3, -0.25) is 0 Å². The Balaban J connectivity index is 2.78. The maximum absolute atomic E-state index is 10.8. The van der Waals surface area contributed by atoms with Gasteiger partial charge in [0.25, 0.3) is 0 Å². The topological polar surface area (TPSA) is 60.4 Å². The Morgan fingerprint density at radius 1 is 1.40 bits per heavy atom. The van der Waals surface area contributed by atoms with Gasteiger partial charge in [0.05, 0.1) is 0 Å². The van der Waals surface area contributed by atoms with Crippen molar-refractivity contribution < 1.29 is 15.0 Å². The third kappa shape index (κ3) is 1.29. The van der Waals surface area contributed by atoms with Gasteiger partial charge in [0.15, 0.2) is 0 Å². The van der Waals surface area contributed by atoms with Crippen molar-refractivity contribution in [2.75, 3.05) is 0 Å². The molecule has 1 aliphatic carbocycles. The highest BCUT2D eigenvalue weighted by Crippen LogP contribution is 2.20. The lowest BCUT2D eigenvalue weighted by Crippen LogP contribution is -2.16. The maximum atomic E-state index is 10.8. The normalized spacial score (nSPS) is 19.2. The van der Waals surface area contributed by atoms with E-state index in [1.807, 2.05) is 0 Å². The van der Waals surface area contributed by atoms with Gasteiger partial charge in [-0.15, -0.1) is 5.76 Å². The van der Waals surface area contributed by atoms with Gasteiger partial charge < -0.3 is 10.2 Å². The molecule has 0 aromatic heterocycles. The summed E-state index contributed by atoms with van der Waals surface area (Å²) in [5, 5.41) is 19.3. The molecule has 1 rings (SSSR count). The summed E-state index contributed by atoms with van der Waals surface area (Å²) in [6.07, 6.45) is 2.55. The highest BCUT2D eigenvalue weighted by Gasteiger charge is 2.11. The summed E-state index contributed by atoms with van der Waals surface area (Å²) in [5.41, 5.74) is 0.0891. The van der Waals surface area contributed by atoms with Crippen LogP contribution in [0.2, 0.25) is 0 Å². The second-order valence-corrected chi connectivity index (χ2v) is 2.41. The molecule has 0 radical (unpaired) electrons. The molecule has 0 heterocycles. The fraction of sp³-hybridized carbons (Fsp3) is 0.571. The number of carbonyl (C=O) groups is 1. The lowest BCUT2D eigenvalue weighted by Gasteiger charge is -2.20. The molecule has 1 aliphatic rings. The second-order valence-electron chi connectivity index (χ2n) is 2.41. The van der Waals surface area contributed by atoms with Crippen molar-refractivity contribution in [1.29, 1.82) is 0 Å². The van der Waals surface area contributed by atoms with Crippen LogP contribution in [-0.4, -0.2) is 11.1 Å². The number of carboxylic acid groups (broad SMARTS) is 1. The second kappa shape index (κ2) is 2.73.